The average Bonchev–Trinajstić information content (AvgIpc) is 3.11. The maximum atomic E-state index is 5.71. The molecule has 2 aromatic rings. The highest BCUT2D eigenvalue weighted by Gasteiger charge is 2.22. The molecule has 0 fully saturated rings. The van der Waals surface area contributed by atoms with Gasteiger partial charge in [0.05, 0.1) is 13.2 Å². The highest BCUT2D eigenvalue weighted by molar-refractivity contribution is 14.0. The maximum absolute atomic E-state index is 5.71. The van der Waals surface area contributed by atoms with Gasteiger partial charge in [0.2, 0.25) is 0 Å². The molecule has 0 radical (unpaired) electrons. The van der Waals surface area contributed by atoms with E-state index in [2.05, 4.69) is 33.7 Å². The first-order valence-electron chi connectivity index (χ1n) is 10.4. The fourth-order valence-corrected chi connectivity index (χ4v) is 3.48. The molecule has 0 spiro atoms. The lowest BCUT2D eigenvalue weighted by Gasteiger charge is -2.25. The molecule has 0 bridgehead atoms. The van der Waals surface area contributed by atoms with Crippen molar-refractivity contribution in [2.75, 3.05) is 26.8 Å². The number of hydrogen-bond acceptors (Lipinski definition) is 5. The number of fused-ring (bicyclic) bond motifs is 1. The molecule has 9 heteroatoms. The second kappa shape index (κ2) is 12.7. The van der Waals surface area contributed by atoms with Gasteiger partial charge in [-0.25, -0.2) is 9.67 Å². The number of aromatic nitrogens is 3. The van der Waals surface area contributed by atoms with E-state index in [1.54, 1.807) is 7.11 Å². The first kappa shape index (κ1) is 24.4. The Morgan fingerprint density at radius 1 is 1.30 bits per heavy atom. The number of rotatable bonds is 9. The average molecular weight is 528 g/mol. The van der Waals surface area contributed by atoms with E-state index >= 15 is 0 Å². The topological polar surface area (TPSA) is 85.6 Å². The summed E-state index contributed by atoms with van der Waals surface area (Å²) < 4.78 is 12.8. The van der Waals surface area contributed by atoms with Crippen LogP contribution in [0.1, 0.15) is 37.5 Å². The molecule has 166 valence electrons. The molecule has 30 heavy (non-hydrogen) atoms. The summed E-state index contributed by atoms with van der Waals surface area (Å²) in [7, 11) is 1.66. The summed E-state index contributed by atoms with van der Waals surface area (Å²) in [6.45, 7) is 7.50. The van der Waals surface area contributed by atoms with Crippen molar-refractivity contribution in [3.8, 4) is 5.75 Å². The molecule has 1 aromatic carbocycles. The summed E-state index contributed by atoms with van der Waals surface area (Å²) in [5, 5.41) is 11.4. The van der Waals surface area contributed by atoms with Gasteiger partial charge >= 0.3 is 0 Å². The summed E-state index contributed by atoms with van der Waals surface area (Å²) in [6.07, 6.45) is 2.74. The molecule has 0 amide bonds. The van der Waals surface area contributed by atoms with Crippen LogP contribution in [0.3, 0.4) is 0 Å². The van der Waals surface area contributed by atoms with Crippen LogP contribution in [0.5, 0.6) is 5.75 Å². The molecule has 3 rings (SSSR count). The van der Waals surface area contributed by atoms with E-state index in [0.717, 1.165) is 55.7 Å². The molecule has 0 aliphatic carbocycles. The van der Waals surface area contributed by atoms with Crippen molar-refractivity contribution in [3.63, 3.8) is 0 Å². The smallest absolute Gasteiger partial charge is 0.191 e. The van der Waals surface area contributed by atoms with E-state index in [9.17, 15) is 0 Å². The van der Waals surface area contributed by atoms with Crippen LogP contribution in [-0.4, -0.2) is 53.6 Å². The van der Waals surface area contributed by atoms with Crippen molar-refractivity contribution in [1.82, 2.24) is 25.4 Å². The van der Waals surface area contributed by atoms with Gasteiger partial charge in [0.25, 0.3) is 0 Å². The number of nitrogens with zero attached hydrogens (tertiary/aromatic N) is 4. The second-order valence-electron chi connectivity index (χ2n) is 6.99. The van der Waals surface area contributed by atoms with E-state index in [-0.39, 0.29) is 30.0 Å². The van der Waals surface area contributed by atoms with Crippen molar-refractivity contribution in [2.24, 2.45) is 4.99 Å². The van der Waals surface area contributed by atoms with Gasteiger partial charge in [0.1, 0.15) is 18.2 Å². The third kappa shape index (κ3) is 6.83. The Hall–Kier alpha value is -1.88. The van der Waals surface area contributed by atoms with E-state index in [0.29, 0.717) is 19.8 Å². The lowest BCUT2D eigenvalue weighted by atomic mass is 10.1. The van der Waals surface area contributed by atoms with Crippen molar-refractivity contribution in [1.29, 1.82) is 0 Å². The minimum absolute atomic E-state index is 0. The SMILES string of the molecule is CCNC(=NCCc1ccccc1OCC)NC1CCc2nc(COC)nn2C1.I. The number of aryl methyl sites for hydroxylation is 1. The number of methoxy groups -OCH3 is 1. The number of guanidine groups is 1. The van der Waals surface area contributed by atoms with Crippen LogP contribution >= 0.6 is 24.0 Å². The molecule has 8 nitrogen and oxygen atoms in total. The largest absolute Gasteiger partial charge is 0.494 e. The number of ether oxygens (including phenoxy) is 2. The maximum Gasteiger partial charge on any atom is 0.191 e. The van der Waals surface area contributed by atoms with Gasteiger partial charge in [0.15, 0.2) is 11.8 Å². The first-order chi connectivity index (χ1) is 14.2. The highest BCUT2D eigenvalue weighted by Crippen LogP contribution is 2.18. The minimum Gasteiger partial charge on any atom is -0.494 e. The molecule has 2 heterocycles. The van der Waals surface area contributed by atoms with Gasteiger partial charge in [-0.3, -0.25) is 4.99 Å². The second-order valence-corrected chi connectivity index (χ2v) is 6.99. The fraction of sp³-hybridized carbons (Fsp3) is 0.571. The summed E-state index contributed by atoms with van der Waals surface area (Å²) in [5.74, 6) is 3.56. The van der Waals surface area contributed by atoms with Gasteiger partial charge < -0.3 is 20.1 Å². The number of nitrogens with one attached hydrogen (secondary N) is 2. The number of para-hydroxylation sites is 1. The standard InChI is InChI=1S/C21H32N6O2.HI/c1-4-22-21(23-13-12-16-8-6-7-9-18(16)29-5-2)24-17-10-11-20-25-19(15-28-3)26-27(20)14-17;/h6-9,17H,4-5,10-15H2,1-3H3,(H2,22,23,24);1H. The molecule has 2 N–H and O–H groups in total. The zero-order valence-corrected chi connectivity index (χ0v) is 20.4. The predicted molar refractivity (Wildman–Crippen MR) is 129 cm³/mol. The third-order valence-electron chi connectivity index (χ3n) is 4.78. The summed E-state index contributed by atoms with van der Waals surface area (Å²) >= 11 is 0. The van der Waals surface area contributed by atoms with Gasteiger partial charge in [-0.05, 0) is 38.3 Å². The van der Waals surface area contributed by atoms with Crippen LogP contribution < -0.4 is 15.4 Å². The van der Waals surface area contributed by atoms with E-state index < -0.39 is 0 Å². The first-order valence-corrected chi connectivity index (χ1v) is 10.4. The van der Waals surface area contributed by atoms with Crippen molar-refractivity contribution in [3.05, 3.63) is 41.5 Å². The van der Waals surface area contributed by atoms with Gasteiger partial charge in [0, 0.05) is 32.7 Å². The normalized spacial score (nSPS) is 15.8. The fourth-order valence-electron chi connectivity index (χ4n) is 3.48. The molecule has 0 saturated carbocycles. The zero-order chi connectivity index (χ0) is 20.5. The van der Waals surface area contributed by atoms with Gasteiger partial charge in [-0.15, -0.1) is 24.0 Å². The predicted octanol–water partition coefficient (Wildman–Crippen LogP) is 2.55. The Bertz CT molecular complexity index is 811. The van der Waals surface area contributed by atoms with Crippen molar-refractivity contribution in [2.45, 2.75) is 52.3 Å². The summed E-state index contributed by atoms with van der Waals surface area (Å²) in [4.78, 5) is 9.31. The van der Waals surface area contributed by atoms with E-state index in [1.165, 1.54) is 5.56 Å². The van der Waals surface area contributed by atoms with Crippen LogP contribution in [0.15, 0.2) is 29.3 Å². The summed E-state index contributed by atoms with van der Waals surface area (Å²) in [5.41, 5.74) is 1.18. The molecule has 1 atom stereocenters. The Labute approximate surface area is 195 Å². The quantitative estimate of drug-likeness (QED) is 0.296. The van der Waals surface area contributed by atoms with Gasteiger partial charge in [-0.2, -0.15) is 5.10 Å². The number of halogens is 1. The van der Waals surface area contributed by atoms with E-state index in [1.807, 2.05) is 29.8 Å². The van der Waals surface area contributed by atoms with E-state index in [4.69, 9.17) is 14.5 Å². The number of hydrogen-bond donors (Lipinski definition) is 2. The Morgan fingerprint density at radius 2 is 2.13 bits per heavy atom. The lowest BCUT2D eigenvalue weighted by Crippen LogP contribution is -2.47. The van der Waals surface area contributed by atoms with Crippen molar-refractivity contribution < 1.29 is 9.47 Å². The molecule has 0 saturated heterocycles. The molecule has 1 aliphatic rings. The highest BCUT2D eigenvalue weighted by atomic mass is 127. The lowest BCUT2D eigenvalue weighted by molar-refractivity contribution is 0.177. The molecule has 1 aliphatic heterocycles. The van der Waals surface area contributed by atoms with Crippen LogP contribution in [0, 0.1) is 0 Å². The van der Waals surface area contributed by atoms with Gasteiger partial charge in [-0.1, -0.05) is 18.2 Å². The Kier molecular flexibility index (Phi) is 10.4. The number of benzene rings is 1. The Morgan fingerprint density at radius 3 is 2.90 bits per heavy atom. The molecule has 1 aromatic heterocycles. The Balaban J connectivity index is 0.00000320. The zero-order valence-electron chi connectivity index (χ0n) is 18.1. The third-order valence-corrected chi connectivity index (χ3v) is 4.78. The van der Waals surface area contributed by atoms with Crippen LogP contribution in [0.2, 0.25) is 0 Å². The van der Waals surface area contributed by atoms with Crippen LogP contribution in [-0.2, 0) is 30.7 Å². The molecule has 1 unspecified atom stereocenters. The van der Waals surface area contributed by atoms with Crippen LogP contribution in [0.25, 0.3) is 0 Å². The monoisotopic (exact) mass is 528 g/mol. The van der Waals surface area contributed by atoms with Crippen molar-refractivity contribution >= 4 is 29.9 Å². The summed E-state index contributed by atoms with van der Waals surface area (Å²) in [6, 6.07) is 8.44. The van der Waals surface area contributed by atoms with Crippen LogP contribution in [0.4, 0.5) is 0 Å². The number of aliphatic imine (C=N–C) groups is 1. The molecular weight excluding hydrogens is 495 g/mol. The molecular formula is C21H33IN6O2. The minimum atomic E-state index is 0.